The highest BCUT2D eigenvalue weighted by molar-refractivity contribution is 5.86. The lowest BCUT2D eigenvalue weighted by atomic mass is 10.1. The number of methoxy groups -OCH3 is 1. The van der Waals surface area contributed by atoms with Crippen LogP contribution in [0.15, 0.2) is 48.5 Å². The Morgan fingerprint density at radius 2 is 1.92 bits per heavy atom. The Morgan fingerprint density at radius 3 is 2.72 bits per heavy atom. The van der Waals surface area contributed by atoms with Crippen molar-refractivity contribution in [3.05, 3.63) is 54.1 Å². The minimum Gasteiger partial charge on any atom is -0.497 e. The molecule has 2 aromatic rings. The van der Waals surface area contributed by atoms with Crippen molar-refractivity contribution >= 4 is 11.8 Å². The average Bonchev–Trinajstić information content (AvgIpc) is 2.65. The molecule has 0 radical (unpaired) electrons. The normalized spacial score (nSPS) is 15.2. The maximum atomic E-state index is 12.1. The second-order valence-electron chi connectivity index (χ2n) is 5.43. The fourth-order valence-electron chi connectivity index (χ4n) is 2.37. The number of para-hydroxylation sites is 2. The smallest absolute Gasteiger partial charge is 0.283 e. The van der Waals surface area contributed by atoms with Crippen molar-refractivity contribution in [2.24, 2.45) is 0 Å². The summed E-state index contributed by atoms with van der Waals surface area (Å²) in [4.78, 5) is 24.1. The highest BCUT2D eigenvalue weighted by Gasteiger charge is 2.27. The van der Waals surface area contributed by atoms with Crippen molar-refractivity contribution < 1.29 is 23.8 Å². The molecule has 0 saturated heterocycles. The first-order valence-corrected chi connectivity index (χ1v) is 7.76. The molecule has 0 aromatic heterocycles. The number of hydrazine groups is 1. The molecule has 0 unspecified atom stereocenters. The lowest BCUT2D eigenvalue weighted by Crippen LogP contribution is -2.51. The number of nitrogens with one attached hydrogen (secondary N) is 2. The van der Waals surface area contributed by atoms with E-state index in [-0.39, 0.29) is 18.9 Å². The van der Waals surface area contributed by atoms with Gasteiger partial charge in [0.25, 0.3) is 5.91 Å². The molecule has 0 fully saturated rings. The molecular weight excluding hydrogens is 324 g/mol. The van der Waals surface area contributed by atoms with Crippen LogP contribution in [0.5, 0.6) is 17.2 Å². The minimum absolute atomic E-state index is 0.0780. The van der Waals surface area contributed by atoms with Crippen molar-refractivity contribution in [2.75, 3.05) is 13.7 Å². The average molecular weight is 342 g/mol. The van der Waals surface area contributed by atoms with Gasteiger partial charge in [-0.3, -0.25) is 20.4 Å². The summed E-state index contributed by atoms with van der Waals surface area (Å²) in [6.45, 7) is 0.0780. The monoisotopic (exact) mass is 342 g/mol. The molecule has 0 bridgehead atoms. The topological polar surface area (TPSA) is 85.9 Å². The summed E-state index contributed by atoms with van der Waals surface area (Å²) in [5.41, 5.74) is 5.51. The van der Waals surface area contributed by atoms with Crippen LogP contribution < -0.4 is 25.1 Å². The van der Waals surface area contributed by atoms with Crippen LogP contribution in [0.4, 0.5) is 0 Å². The van der Waals surface area contributed by atoms with Crippen LogP contribution in [0.3, 0.4) is 0 Å². The van der Waals surface area contributed by atoms with Gasteiger partial charge in [-0.25, -0.2) is 0 Å². The van der Waals surface area contributed by atoms with E-state index in [1.165, 1.54) is 0 Å². The van der Waals surface area contributed by atoms with E-state index in [0.717, 1.165) is 5.56 Å². The fourth-order valence-corrected chi connectivity index (χ4v) is 2.37. The SMILES string of the molecule is COc1cccc(CC(=O)NNC(=O)[C@H]2COc3ccccc3O2)c1. The van der Waals surface area contributed by atoms with Gasteiger partial charge in [-0.15, -0.1) is 0 Å². The van der Waals surface area contributed by atoms with E-state index in [1.54, 1.807) is 49.6 Å². The summed E-state index contributed by atoms with van der Waals surface area (Å²) >= 11 is 0. The first-order chi connectivity index (χ1) is 12.2. The van der Waals surface area contributed by atoms with Gasteiger partial charge >= 0.3 is 0 Å². The minimum atomic E-state index is -0.827. The first-order valence-electron chi connectivity index (χ1n) is 7.76. The molecule has 7 nitrogen and oxygen atoms in total. The summed E-state index contributed by atoms with van der Waals surface area (Å²) in [5, 5.41) is 0. The first kappa shape index (κ1) is 16.6. The Balaban J connectivity index is 1.50. The predicted octanol–water partition coefficient (Wildman–Crippen LogP) is 1.23. The number of ether oxygens (including phenoxy) is 3. The lowest BCUT2D eigenvalue weighted by molar-refractivity contribution is -0.134. The molecule has 2 aromatic carbocycles. The fraction of sp³-hybridized carbons (Fsp3) is 0.222. The number of rotatable bonds is 4. The van der Waals surface area contributed by atoms with Crippen molar-refractivity contribution in [3.8, 4) is 17.2 Å². The maximum absolute atomic E-state index is 12.1. The number of amides is 2. The van der Waals surface area contributed by atoms with Crippen molar-refractivity contribution in [1.29, 1.82) is 0 Å². The molecular formula is C18H18N2O5. The van der Waals surface area contributed by atoms with Crippen LogP contribution in [0.25, 0.3) is 0 Å². The van der Waals surface area contributed by atoms with Gasteiger partial charge < -0.3 is 14.2 Å². The third kappa shape index (κ3) is 4.20. The van der Waals surface area contributed by atoms with Crippen LogP contribution in [0.1, 0.15) is 5.56 Å². The van der Waals surface area contributed by atoms with E-state index >= 15 is 0 Å². The molecule has 2 amide bonds. The molecule has 0 saturated carbocycles. The zero-order valence-electron chi connectivity index (χ0n) is 13.7. The molecule has 2 N–H and O–H groups in total. The maximum Gasteiger partial charge on any atom is 0.283 e. The Kier molecular flexibility index (Phi) is 5.03. The molecule has 1 aliphatic heterocycles. The molecule has 25 heavy (non-hydrogen) atoms. The molecule has 1 atom stereocenters. The highest BCUT2D eigenvalue weighted by Crippen LogP contribution is 2.30. The van der Waals surface area contributed by atoms with Gasteiger partial charge in [0.05, 0.1) is 13.5 Å². The van der Waals surface area contributed by atoms with Gasteiger partial charge in [0.15, 0.2) is 11.5 Å². The Hall–Kier alpha value is -3.22. The molecule has 3 rings (SSSR count). The summed E-state index contributed by atoms with van der Waals surface area (Å²) in [7, 11) is 1.56. The standard InChI is InChI=1S/C18H18N2O5/c1-23-13-6-4-5-12(9-13)10-17(21)19-20-18(22)16-11-24-14-7-2-3-8-15(14)25-16/h2-9,16H,10-11H2,1H3,(H,19,21)(H,20,22)/t16-/m1/s1. The van der Waals surface area contributed by atoms with Gasteiger partial charge in [0, 0.05) is 0 Å². The Labute approximate surface area is 144 Å². The van der Waals surface area contributed by atoms with E-state index in [0.29, 0.717) is 17.2 Å². The van der Waals surface area contributed by atoms with E-state index in [1.807, 2.05) is 6.07 Å². The highest BCUT2D eigenvalue weighted by atomic mass is 16.6. The van der Waals surface area contributed by atoms with Crippen LogP contribution >= 0.6 is 0 Å². The van der Waals surface area contributed by atoms with Crippen LogP contribution in [-0.2, 0) is 16.0 Å². The molecule has 0 spiro atoms. The van der Waals surface area contributed by atoms with Crippen molar-refractivity contribution in [2.45, 2.75) is 12.5 Å². The quantitative estimate of drug-likeness (QED) is 0.816. The molecule has 1 heterocycles. The van der Waals surface area contributed by atoms with E-state index in [4.69, 9.17) is 14.2 Å². The number of carbonyl (C=O) groups excluding carboxylic acids is 2. The second kappa shape index (κ2) is 7.57. The van der Waals surface area contributed by atoms with E-state index < -0.39 is 12.0 Å². The molecule has 7 heteroatoms. The third-order valence-electron chi connectivity index (χ3n) is 3.62. The van der Waals surface area contributed by atoms with Crippen molar-refractivity contribution in [1.82, 2.24) is 10.9 Å². The Bertz CT molecular complexity index is 778. The van der Waals surface area contributed by atoms with Gasteiger partial charge in [0.2, 0.25) is 12.0 Å². The van der Waals surface area contributed by atoms with Gasteiger partial charge in [0.1, 0.15) is 12.4 Å². The zero-order valence-corrected chi connectivity index (χ0v) is 13.7. The molecule has 1 aliphatic rings. The zero-order chi connectivity index (χ0) is 17.6. The number of carbonyl (C=O) groups is 2. The van der Waals surface area contributed by atoms with Crippen LogP contribution in [-0.4, -0.2) is 31.6 Å². The second-order valence-corrected chi connectivity index (χ2v) is 5.43. The Morgan fingerprint density at radius 1 is 1.12 bits per heavy atom. The molecule has 130 valence electrons. The summed E-state index contributed by atoms with van der Waals surface area (Å²) < 4.78 is 16.2. The number of hydrogen-bond acceptors (Lipinski definition) is 5. The third-order valence-corrected chi connectivity index (χ3v) is 3.62. The largest absolute Gasteiger partial charge is 0.497 e. The van der Waals surface area contributed by atoms with Crippen LogP contribution in [0, 0.1) is 0 Å². The van der Waals surface area contributed by atoms with Crippen LogP contribution in [0.2, 0.25) is 0 Å². The summed E-state index contributed by atoms with van der Waals surface area (Å²) in [5.74, 6) is 0.929. The van der Waals surface area contributed by atoms with Gasteiger partial charge in [-0.1, -0.05) is 24.3 Å². The number of benzene rings is 2. The van der Waals surface area contributed by atoms with Gasteiger partial charge in [-0.2, -0.15) is 0 Å². The van der Waals surface area contributed by atoms with Crippen molar-refractivity contribution in [3.63, 3.8) is 0 Å². The lowest BCUT2D eigenvalue weighted by Gasteiger charge is -2.25. The predicted molar refractivity (Wildman–Crippen MR) is 89.3 cm³/mol. The van der Waals surface area contributed by atoms with E-state index in [2.05, 4.69) is 10.9 Å². The van der Waals surface area contributed by atoms with E-state index in [9.17, 15) is 9.59 Å². The number of hydrogen-bond donors (Lipinski definition) is 2. The number of fused-ring (bicyclic) bond motifs is 1. The summed E-state index contributed by atoms with van der Waals surface area (Å²) in [6.07, 6.45) is -0.713. The van der Waals surface area contributed by atoms with Gasteiger partial charge in [-0.05, 0) is 29.8 Å². The summed E-state index contributed by atoms with van der Waals surface area (Å²) in [6, 6.07) is 14.2. The molecule has 0 aliphatic carbocycles.